The molecule has 1 fully saturated rings. The highest BCUT2D eigenvalue weighted by Gasteiger charge is 2.35. The van der Waals surface area contributed by atoms with Gasteiger partial charge in [-0.2, -0.15) is 13.2 Å². The van der Waals surface area contributed by atoms with Crippen molar-refractivity contribution in [3.63, 3.8) is 0 Å². The Morgan fingerprint density at radius 1 is 1.41 bits per heavy atom. The fourth-order valence-corrected chi connectivity index (χ4v) is 2.59. The number of hydrogen-bond donors (Lipinski definition) is 2. The number of aliphatic imine (C=N–C) groups is 1. The van der Waals surface area contributed by atoms with Crippen LogP contribution in [0.3, 0.4) is 0 Å². The Kier molecular flexibility index (Phi) is 9.57. The van der Waals surface area contributed by atoms with Crippen LogP contribution in [-0.4, -0.2) is 49.4 Å². The van der Waals surface area contributed by atoms with E-state index in [-0.39, 0.29) is 42.7 Å². The number of ether oxygens (including phenoxy) is 2. The van der Waals surface area contributed by atoms with Gasteiger partial charge in [-0.3, -0.25) is 4.99 Å². The first-order chi connectivity index (χ1) is 12.3. The van der Waals surface area contributed by atoms with E-state index in [1.54, 1.807) is 0 Å². The number of guanidine groups is 1. The van der Waals surface area contributed by atoms with Gasteiger partial charge in [0.05, 0.1) is 18.7 Å². The number of aromatic nitrogens is 1. The van der Waals surface area contributed by atoms with E-state index in [9.17, 15) is 13.2 Å². The summed E-state index contributed by atoms with van der Waals surface area (Å²) in [4.78, 5) is 8.15. The Hall–Kier alpha value is -1.30. The Labute approximate surface area is 174 Å². The molecule has 0 aromatic carbocycles. The smallest absolute Gasteiger partial charge is 0.421 e. The maximum Gasteiger partial charge on any atom is 0.421 e. The second-order valence-electron chi connectivity index (χ2n) is 6.23. The summed E-state index contributed by atoms with van der Waals surface area (Å²) in [7, 11) is 0. The summed E-state index contributed by atoms with van der Waals surface area (Å²) in [6, 6.07) is 2.18. The van der Waals surface area contributed by atoms with Crippen molar-refractivity contribution in [2.45, 2.75) is 38.5 Å². The quantitative estimate of drug-likeness (QED) is 0.260. The number of alkyl halides is 3. The molecule has 1 unspecified atom stereocenters. The lowest BCUT2D eigenvalue weighted by Crippen LogP contribution is -2.41. The Morgan fingerprint density at radius 2 is 2.19 bits per heavy atom. The molecule has 0 saturated carbocycles. The number of pyridine rings is 1. The molecule has 6 nitrogen and oxygen atoms in total. The fraction of sp³-hybridized carbons (Fsp3) is 0.647. The largest absolute Gasteiger partial charge is 0.475 e. The van der Waals surface area contributed by atoms with Crippen LogP contribution < -0.4 is 15.4 Å². The fourth-order valence-electron chi connectivity index (χ4n) is 2.59. The molecule has 2 rings (SSSR count). The average Bonchev–Trinajstić information content (AvgIpc) is 3.03. The van der Waals surface area contributed by atoms with E-state index in [2.05, 4.69) is 20.6 Å². The SMILES string of the molecule is CCNC(=NCC1(C)CCCO1)NCCOc1ncccc1C(F)(F)F.I. The maximum absolute atomic E-state index is 12.9. The minimum atomic E-state index is -4.50. The summed E-state index contributed by atoms with van der Waals surface area (Å²) in [6.07, 6.45) is -1.25. The van der Waals surface area contributed by atoms with Crippen molar-refractivity contribution in [1.82, 2.24) is 15.6 Å². The van der Waals surface area contributed by atoms with E-state index >= 15 is 0 Å². The average molecular weight is 502 g/mol. The van der Waals surface area contributed by atoms with E-state index in [1.807, 2.05) is 13.8 Å². The first-order valence-corrected chi connectivity index (χ1v) is 8.65. The molecule has 1 aromatic heterocycles. The van der Waals surface area contributed by atoms with Crippen molar-refractivity contribution >= 4 is 29.9 Å². The van der Waals surface area contributed by atoms with Crippen LogP contribution in [0.4, 0.5) is 13.2 Å². The highest BCUT2D eigenvalue weighted by atomic mass is 127. The summed E-state index contributed by atoms with van der Waals surface area (Å²) < 4.78 is 49.6. The van der Waals surface area contributed by atoms with Gasteiger partial charge in [0.2, 0.25) is 5.88 Å². The molecule has 2 N–H and O–H groups in total. The molecule has 0 amide bonds. The van der Waals surface area contributed by atoms with Gasteiger partial charge in [0.1, 0.15) is 12.2 Å². The zero-order valence-corrected chi connectivity index (χ0v) is 17.8. The molecule has 154 valence electrons. The molecule has 0 aliphatic carbocycles. The molecular formula is C17H26F3IN4O2. The van der Waals surface area contributed by atoms with Crippen LogP contribution >= 0.6 is 24.0 Å². The third-order valence-electron chi connectivity index (χ3n) is 3.93. The van der Waals surface area contributed by atoms with Crippen molar-refractivity contribution in [2.24, 2.45) is 4.99 Å². The summed E-state index contributed by atoms with van der Waals surface area (Å²) >= 11 is 0. The van der Waals surface area contributed by atoms with Gasteiger partial charge in [-0.1, -0.05) is 0 Å². The lowest BCUT2D eigenvalue weighted by molar-refractivity contribution is -0.139. The normalized spacial score (nSPS) is 20.1. The molecule has 0 spiro atoms. The third kappa shape index (κ3) is 7.68. The van der Waals surface area contributed by atoms with Crippen molar-refractivity contribution in [2.75, 3.05) is 32.8 Å². The topological polar surface area (TPSA) is 67.8 Å². The molecule has 1 aromatic rings. The second kappa shape index (κ2) is 10.9. The highest BCUT2D eigenvalue weighted by Crippen LogP contribution is 2.34. The van der Waals surface area contributed by atoms with Gasteiger partial charge in [0.15, 0.2) is 5.96 Å². The second-order valence-corrected chi connectivity index (χ2v) is 6.23. The van der Waals surface area contributed by atoms with Gasteiger partial charge in [0.25, 0.3) is 0 Å². The number of nitrogens with one attached hydrogen (secondary N) is 2. The molecule has 1 aliphatic rings. The number of nitrogens with zero attached hydrogens (tertiary/aromatic N) is 2. The number of halogens is 4. The minimum Gasteiger partial charge on any atom is -0.475 e. The summed E-state index contributed by atoms with van der Waals surface area (Å²) in [6.45, 7) is 6.20. The van der Waals surface area contributed by atoms with Gasteiger partial charge in [-0.25, -0.2) is 4.98 Å². The van der Waals surface area contributed by atoms with Crippen LogP contribution in [-0.2, 0) is 10.9 Å². The predicted molar refractivity (Wildman–Crippen MR) is 108 cm³/mol. The first kappa shape index (κ1) is 23.7. The van der Waals surface area contributed by atoms with Crippen molar-refractivity contribution in [3.8, 4) is 5.88 Å². The van der Waals surface area contributed by atoms with Gasteiger partial charge in [-0.05, 0) is 38.8 Å². The van der Waals surface area contributed by atoms with Crippen LogP contribution in [0.1, 0.15) is 32.3 Å². The zero-order chi connectivity index (χ0) is 19.0. The van der Waals surface area contributed by atoms with E-state index < -0.39 is 17.6 Å². The van der Waals surface area contributed by atoms with Crippen LogP contribution in [0.2, 0.25) is 0 Å². The third-order valence-corrected chi connectivity index (χ3v) is 3.93. The van der Waals surface area contributed by atoms with Gasteiger partial charge < -0.3 is 20.1 Å². The molecule has 2 heterocycles. The van der Waals surface area contributed by atoms with Gasteiger partial charge in [0, 0.05) is 19.3 Å². The van der Waals surface area contributed by atoms with Crippen molar-refractivity contribution < 1.29 is 22.6 Å². The molecule has 10 heteroatoms. The monoisotopic (exact) mass is 502 g/mol. The number of hydrogen-bond acceptors (Lipinski definition) is 4. The van der Waals surface area contributed by atoms with Crippen LogP contribution in [0, 0.1) is 0 Å². The highest BCUT2D eigenvalue weighted by molar-refractivity contribution is 14.0. The van der Waals surface area contributed by atoms with Crippen molar-refractivity contribution in [3.05, 3.63) is 23.9 Å². The van der Waals surface area contributed by atoms with Crippen LogP contribution in [0.5, 0.6) is 5.88 Å². The molecule has 0 bridgehead atoms. The Balaban J connectivity index is 0.00000364. The van der Waals surface area contributed by atoms with E-state index in [0.717, 1.165) is 25.5 Å². The Bertz CT molecular complexity index is 608. The number of rotatable bonds is 7. The van der Waals surface area contributed by atoms with Gasteiger partial charge in [-0.15, -0.1) is 24.0 Å². The summed E-state index contributed by atoms with van der Waals surface area (Å²) in [5, 5.41) is 6.13. The minimum absolute atomic E-state index is 0. The first-order valence-electron chi connectivity index (χ1n) is 8.65. The van der Waals surface area contributed by atoms with Crippen molar-refractivity contribution in [1.29, 1.82) is 0 Å². The van der Waals surface area contributed by atoms with E-state index in [4.69, 9.17) is 9.47 Å². The maximum atomic E-state index is 12.9. The van der Waals surface area contributed by atoms with Crippen LogP contribution in [0.15, 0.2) is 23.3 Å². The summed E-state index contributed by atoms with van der Waals surface area (Å²) in [5.41, 5.74) is -1.14. The molecule has 0 radical (unpaired) electrons. The standard InChI is InChI=1S/C17H25F3N4O2.HI/c1-3-21-15(24-12-16(2)7-5-10-26-16)23-9-11-25-14-13(17(18,19)20)6-4-8-22-14;/h4,6,8H,3,5,7,9-12H2,1-2H3,(H2,21,23,24);1H. The lowest BCUT2D eigenvalue weighted by atomic mass is 10.0. The Morgan fingerprint density at radius 3 is 2.81 bits per heavy atom. The molecule has 1 saturated heterocycles. The molecule has 1 aliphatic heterocycles. The summed E-state index contributed by atoms with van der Waals surface area (Å²) in [5.74, 6) is 0.153. The van der Waals surface area contributed by atoms with E-state index in [1.165, 1.54) is 12.3 Å². The van der Waals surface area contributed by atoms with Crippen LogP contribution in [0.25, 0.3) is 0 Å². The molecular weight excluding hydrogens is 476 g/mol. The molecule has 1 atom stereocenters. The van der Waals surface area contributed by atoms with E-state index in [0.29, 0.717) is 19.0 Å². The van der Waals surface area contributed by atoms with Gasteiger partial charge >= 0.3 is 6.18 Å². The molecule has 27 heavy (non-hydrogen) atoms. The predicted octanol–water partition coefficient (Wildman–Crippen LogP) is 3.22. The lowest BCUT2D eigenvalue weighted by Gasteiger charge is -2.21. The zero-order valence-electron chi connectivity index (χ0n) is 15.4.